The smallest absolute Gasteiger partial charge is 0.323 e. The number of aromatic nitrogens is 3. The van der Waals surface area contributed by atoms with Gasteiger partial charge in [-0.2, -0.15) is 0 Å². The first-order valence-electron chi connectivity index (χ1n) is 8.51. The maximum Gasteiger partial charge on any atom is 0.323 e. The molecule has 0 radical (unpaired) electrons. The Labute approximate surface area is 148 Å². The van der Waals surface area contributed by atoms with Crippen LogP contribution in [0.4, 0.5) is 0 Å². The second-order valence-electron chi connectivity index (χ2n) is 6.39. The highest BCUT2D eigenvalue weighted by Gasteiger charge is 2.25. The Bertz CT molecular complexity index is 993. The summed E-state index contributed by atoms with van der Waals surface area (Å²) in [6.45, 7) is 2.09. The predicted molar refractivity (Wildman–Crippen MR) is 95.9 cm³/mol. The molecule has 1 aliphatic rings. The maximum absolute atomic E-state index is 12.6. The van der Waals surface area contributed by atoms with Crippen molar-refractivity contribution in [1.29, 1.82) is 0 Å². The molecule has 0 atom stereocenters. The van der Waals surface area contributed by atoms with Crippen LogP contribution >= 0.6 is 0 Å². The fraction of sp³-hybridized carbons (Fsp3) is 0.278. The summed E-state index contributed by atoms with van der Waals surface area (Å²) < 4.78 is 0. The molecule has 0 spiro atoms. The van der Waals surface area contributed by atoms with Crippen molar-refractivity contribution in [2.24, 2.45) is 0 Å². The van der Waals surface area contributed by atoms with E-state index < -0.39 is 0 Å². The molecule has 2 aromatic heterocycles. The first kappa shape index (κ1) is 16.2. The van der Waals surface area contributed by atoms with Gasteiger partial charge in [-0.15, -0.1) is 0 Å². The van der Waals surface area contributed by atoms with E-state index in [1.165, 1.54) is 0 Å². The van der Waals surface area contributed by atoms with Gasteiger partial charge in [-0.05, 0) is 29.8 Å². The van der Waals surface area contributed by atoms with Crippen LogP contribution in [0.5, 0.6) is 0 Å². The minimum Gasteiger partial charge on any atom is -0.357 e. The largest absolute Gasteiger partial charge is 0.357 e. The van der Waals surface area contributed by atoms with Crippen molar-refractivity contribution in [3.63, 3.8) is 0 Å². The van der Waals surface area contributed by atoms with Crippen LogP contribution in [0.1, 0.15) is 16.1 Å². The minimum atomic E-state index is -0.258. The number of benzene rings is 1. The number of hydrogen-bond donors (Lipinski definition) is 3. The molecule has 3 N–H and O–H groups in total. The molecule has 1 saturated heterocycles. The Morgan fingerprint density at radius 3 is 2.42 bits per heavy atom. The van der Waals surface area contributed by atoms with E-state index in [1.807, 2.05) is 12.1 Å². The Morgan fingerprint density at radius 1 is 0.962 bits per heavy atom. The van der Waals surface area contributed by atoms with Crippen molar-refractivity contribution in [3.8, 4) is 0 Å². The molecule has 8 heteroatoms. The molecule has 1 aromatic carbocycles. The first-order valence-corrected chi connectivity index (χ1v) is 8.51. The van der Waals surface area contributed by atoms with E-state index in [-0.39, 0.29) is 23.9 Å². The number of aromatic amines is 3. The molecule has 26 heavy (non-hydrogen) atoms. The van der Waals surface area contributed by atoms with Crippen LogP contribution in [0, 0.1) is 0 Å². The summed E-state index contributed by atoms with van der Waals surface area (Å²) in [7, 11) is 0. The molecule has 134 valence electrons. The standard InChI is InChI=1S/C18H19N5O3/c24-16(11-12-3-4-13-15(10-12)21-18(26)20-13)22-6-8-23(9-7-22)17(25)14-2-1-5-19-14/h1-5,10,19H,6-9,11H2,(H2,20,21,26). The van der Waals surface area contributed by atoms with Crippen LogP contribution in [0.15, 0.2) is 41.3 Å². The molecular weight excluding hydrogens is 334 g/mol. The topological polar surface area (TPSA) is 105 Å². The predicted octanol–water partition coefficient (Wildman–Crippen LogP) is 0.711. The van der Waals surface area contributed by atoms with E-state index in [1.54, 1.807) is 34.2 Å². The van der Waals surface area contributed by atoms with Crippen LogP contribution in [0.25, 0.3) is 11.0 Å². The van der Waals surface area contributed by atoms with Gasteiger partial charge in [-0.1, -0.05) is 6.07 Å². The van der Waals surface area contributed by atoms with Gasteiger partial charge in [0.1, 0.15) is 5.69 Å². The molecule has 3 aromatic rings. The molecule has 2 amide bonds. The summed E-state index contributed by atoms with van der Waals surface area (Å²) in [5.74, 6) is -0.0156. The second-order valence-corrected chi connectivity index (χ2v) is 6.39. The van der Waals surface area contributed by atoms with Crippen molar-refractivity contribution >= 4 is 22.8 Å². The number of rotatable bonds is 3. The summed E-state index contributed by atoms with van der Waals surface area (Å²) in [6, 6.07) is 9.00. The Morgan fingerprint density at radius 2 is 1.69 bits per heavy atom. The lowest BCUT2D eigenvalue weighted by molar-refractivity contribution is -0.131. The number of carbonyl (C=O) groups is 2. The van der Waals surface area contributed by atoms with Gasteiger partial charge in [0.15, 0.2) is 0 Å². The molecular formula is C18H19N5O3. The molecule has 8 nitrogen and oxygen atoms in total. The zero-order chi connectivity index (χ0) is 18.1. The van der Waals surface area contributed by atoms with Crippen molar-refractivity contribution < 1.29 is 9.59 Å². The van der Waals surface area contributed by atoms with Crippen LogP contribution in [-0.2, 0) is 11.2 Å². The highest BCUT2D eigenvalue weighted by atomic mass is 16.2. The Balaban J connectivity index is 1.37. The lowest BCUT2D eigenvalue weighted by atomic mass is 10.1. The van der Waals surface area contributed by atoms with Crippen molar-refractivity contribution in [2.45, 2.75) is 6.42 Å². The van der Waals surface area contributed by atoms with Crippen LogP contribution in [0.2, 0.25) is 0 Å². The van der Waals surface area contributed by atoms with E-state index in [0.29, 0.717) is 37.4 Å². The summed E-state index contributed by atoms with van der Waals surface area (Å²) in [5.41, 5.74) is 2.58. The van der Waals surface area contributed by atoms with Gasteiger partial charge in [0.25, 0.3) is 5.91 Å². The quantitative estimate of drug-likeness (QED) is 0.646. The zero-order valence-electron chi connectivity index (χ0n) is 14.1. The fourth-order valence-corrected chi connectivity index (χ4v) is 3.27. The van der Waals surface area contributed by atoms with Gasteiger partial charge in [0.05, 0.1) is 17.5 Å². The van der Waals surface area contributed by atoms with Gasteiger partial charge >= 0.3 is 5.69 Å². The first-order chi connectivity index (χ1) is 12.6. The van der Waals surface area contributed by atoms with Gasteiger partial charge in [0, 0.05) is 32.4 Å². The number of carbonyl (C=O) groups excluding carboxylic acids is 2. The third kappa shape index (κ3) is 3.13. The van der Waals surface area contributed by atoms with Crippen LogP contribution < -0.4 is 5.69 Å². The number of nitrogens with zero attached hydrogens (tertiary/aromatic N) is 2. The van der Waals surface area contributed by atoms with Crippen molar-refractivity contribution in [2.75, 3.05) is 26.2 Å². The third-order valence-electron chi connectivity index (χ3n) is 4.68. The highest BCUT2D eigenvalue weighted by Crippen LogP contribution is 2.13. The number of H-pyrrole nitrogens is 3. The number of imidazole rings is 1. The number of amides is 2. The van der Waals surface area contributed by atoms with Gasteiger partial charge in [-0.3, -0.25) is 9.59 Å². The second kappa shape index (κ2) is 6.55. The lowest BCUT2D eigenvalue weighted by Crippen LogP contribution is -2.51. The summed E-state index contributed by atoms with van der Waals surface area (Å²) in [4.78, 5) is 48.0. The summed E-state index contributed by atoms with van der Waals surface area (Å²) >= 11 is 0. The third-order valence-corrected chi connectivity index (χ3v) is 4.68. The summed E-state index contributed by atoms with van der Waals surface area (Å²) in [5, 5.41) is 0. The lowest BCUT2D eigenvalue weighted by Gasteiger charge is -2.34. The van der Waals surface area contributed by atoms with E-state index in [0.717, 1.165) is 11.1 Å². The average Bonchev–Trinajstić information content (AvgIpc) is 3.29. The number of hydrogen-bond acceptors (Lipinski definition) is 3. The minimum absolute atomic E-state index is 0.0224. The van der Waals surface area contributed by atoms with E-state index in [4.69, 9.17) is 0 Å². The van der Waals surface area contributed by atoms with E-state index >= 15 is 0 Å². The maximum atomic E-state index is 12.6. The molecule has 3 heterocycles. The number of fused-ring (bicyclic) bond motifs is 1. The van der Waals surface area contributed by atoms with Gasteiger partial charge in [-0.25, -0.2) is 4.79 Å². The molecule has 0 bridgehead atoms. The SMILES string of the molecule is O=C(Cc1ccc2[nH]c(=O)[nH]c2c1)N1CCN(C(=O)c2ccc[nH]2)CC1. The van der Waals surface area contributed by atoms with E-state index in [9.17, 15) is 14.4 Å². The van der Waals surface area contributed by atoms with Gasteiger partial charge < -0.3 is 24.8 Å². The molecule has 0 aliphatic carbocycles. The van der Waals surface area contributed by atoms with Crippen molar-refractivity contribution in [1.82, 2.24) is 24.8 Å². The molecule has 1 fully saturated rings. The molecule has 1 aliphatic heterocycles. The fourth-order valence-electron chi connectivity index (χ4n) is 3.27. The Kier molecular flexibility index (Phi) is 4.08. The van der Waals surface area contributed by atoms with Crippen LogP contribution in [-0.4, -0.2) is 62.7 Å². The van der Waals surface area contributed by atoms with Crippen LogP contribution in [0.3, 0.4) is 0 Å². The monoisotopic (exact) mass is 353 g/mol. The number of piperazine rings is 1. The normalized spacial score (nSPS) is 14.8. The number of nitrogens with one attached hydrogen (secondary N) is 3. The summed E-state index contributed by atoms with van der Waals surface area (Å²) in [6.07, 6.45) is 2.00. The average molecular weight is 353 g/mol. The molecule has 4 rings (SSSR count). The van der Waals surface area contributed by atoms with E-state index in [2.05, 4.69) is 15.0 Å². The van der Waals surface area contributed by atoms with Crippen molar-refractivity contribution in [3.05, 3.63) is 58.3 Å². The zero-order valence-corrected chi connectivity index (χ0v) is 14.1. The molecule has 0 saturated carbocycles. The van der Waals surface area contributed by atoms with Gasteiger partial charge in [0.2, 0.25) is 5.91 Å². The molecule has 0 unspecified atom stereocenters. The Hall–Kier alpha value is -3.29. The highest BCUT2D eigenvalue weighted by molar-refractivity contribution is 5.92.